The van der Waals surface area contributed by atoms with Crippen LogP contribution in [0.3, 0.4) is 0 Å². The predicted molar refractivity (Wildman–Crippen MR) is 68.1 cm³/mol. The summed E-state index contributed by atoms with van der Waals surface area (Å²) in [6, 6.07) is 5.39. The minimum absolute atomic E-state index is 0.0719. The van der Waals surface area contributed by atoms with E-state index in [9.17, 15) is 4.39 Å². The quantitative estimate of drug-likeness (QED) is 0.814. The van der Waals surface area contributed by atoms with Gasteiger partial charge in [0.25, 0.3) is 0 Å². The molecule has 3 heteroatoms. The van der Waals surface area contributed by atoms with E-state index in [0.717, 1.165) is 36.0 Å². The summed E-state index contributed by atoms with van der Waals surface area (Å²) in [4.78, 5) is 0. The fourth-order valence-corrected chi connectivity index (χ4v) is 2.45. The Morgan fingerprint density at radius 3 is 3.00 bits per heavy atom. The van der Waals surface area contributed by atoms with E-state index >= 15 is 0 Å². The van der Waals surface area contributed by atoms with Crippen molar-refractivity contribution in [3.8, 4) is 0 Å². The monoisotopic (exact) mass is 285 g/mol. The highest BCUT2D eigenvalue weighted by Gasteiger charge is 2.39. The van der Waals surface area contributed by atoms with Crippen molar-refractivity contribution in [3.63, 3.8) is 0 Å². The second-order valence-corrected chi connectivity index (χ2v) is 5.39. The largest absolute Gasteiger partial charge is 0.316 e. The molecule has 16 heavy (non-hydrogen) atoms. The van der Waals surface area contributed by atoms with Crippen LogP contribution in [0.15, 0.2) is 22.7 Å². The molecule has 0 spiro atoms. The van der Waals surface area contributed by atoms with E-state index < -0.39 is 0 Å². The Bertz CT molecular complexity index is 367. The lowest BCUT2D eigenvalue weighted by atomic mass is 10.1. The van der Waals surface area contributed by atoms with Crippen LogP contribution in [0.1, 0.15) is 31.2 Å². The first-order valence-corrected chi connectivity index (χ1v) is 6.67. The van der Waals surface area contributed by atoms with Gasteiger partial charge in [-0.2, -0.15) is 0 Å². The van der Waals surface area contributed by atoms with Crippen LogP contribution >= 0.6 is 15.9 Å². The summed E-state index contributed by atoms with van der Waals surface area (Å²) in [7, 11) is 0. The van der Waals surface area contributed by atoms with Crippen molar-refractivity contribution in [2.24, 2.45) is 5.92 Å². The molecule has 0 amide bonds. The summed E-state index contributed by atoms with van der Waals surface area (Å²) in [6.07, 6.45) is 2.28. The van der Waals surface area contributed by atoms with Crippen LogP contribution in [0.4, 0.5) is 4.39 Å². The van der Waals surface area contributed by atoms with Crippen molar-refractivity contribution in [2.75, 3.05) is 13.1 Å². The summed E-state index contributed by atoms with van der Waals surface area (Å²) in [5.41, 5.74) is 0.881. The zero-order chi connectivity index (χ0) is 11.5. The van der Waals surface area contributed by atoms with Gasteiger partial charge in [0, 0.05) is 4.47 Å². The topological polar surface area (TPSA) is 12.0 Å². The standard InChI is InChI=1S/C13H17BrFN/c1-2-5-16-8-9-6-12(9)11-4-3-10(14)7-13(11)15/h3-4,7,9,12,16H,2,5-6,8H2,1H3. The second-order valence-electron chi connectivity index (χ2n) is 4.47. The van der Waals surface area contributed by atoms with Gasteiger partial charge in [-0.05, 0) is 55.5 Å². The third kappa shape index (κ3) is 2.83. The van der Waals surface area contributed by atoms with Crippen molar-refractivity contribution in [1.82, 2.24) is 5.32 Å². The molecule has 2 rings (SSSR count). The van der Waals surface area contributed by atoms with E-state index in [2.05, 4.69) is 28.2 Å². The maximum Gasteiger partial charge on any atom is 0.127 e. The van der Waals surface area contributed by atoms with Crippen LogP contribution in [-0.4, -0.2) is 13.1 Å². The van der Waals surface area contributed by atoms with E-state index in [1.807, 2.05) is 12.1 Å². The first-order chi connectivity index (χ1) is 7.72. The van der Waals surface area contributed by atoms with Gasteiger partial charge in [-0.3, -0.25) is 0 Å². The van der Waals surface area contributed by atoms with Crippen LogP contribution < -0.4 is 5.32 Å². The molecule has 0 radical (unpaired) electrons. The molecular weight excluding hydrogens is 269 g/mol. The van der Waals surface area contributed by atoms with Crippen LogP contribution in [0.25, 0.3) is 0 Å². The number of hydrogen-bond donors (Lipinski definition) is 1. The Kier molecular flexibility index (Phi) is 3.98. The third-order valence-electron chi connectivity index (χ3n) is 3.12. The minimum atomic E-state index is -0.0719. The van der Waals surface area contributed by atoms with Crippen molar-refractivity contribution >= 4 is 15.9 Å². The molecule has 0 heterocycles. The predicted octanol–water partition coefficient (Wildman–Crippen LogP) is 3.69. The molecule has 1 saturated carbocycles. The molecule has 0 aliphatic heterocycles. The van der Waals surface area contributed by atoms with Gasteiger partial charge in [-0.25, -0.2) is 4.39 Å². The fraction of sp³-hybridized carbons (Fsp3) is 0.538. The first-order valence-electron chi connectivity index (χ1n) is 5.88. The van der Waals surface area contributed by atoms with Crippen LogP contribution in [0.2, 0.25) is 0 Å². The first kappa shape index (κ1) is 12.1. The van der Waals surface area contributed by atoms with Crippen molar-refractivity contribution in [2.45, 2.75) is 25.7 Å². The molecule has 1 aromatic carbocycles. The molecule has 1 N–H and O–H groups in total. The molecule has 1 aromatic rings. The lowest BCUT2D eigenvalue weighted by Gasteiger charge is -2.04. The van der Waals surface area contributed by atoms with Crippen LogP contribution in [0.5, 0.6) is 0 Å². The van der Waals surface area contributed by atoms with Gasteiger partial charge in [0.15, 0.2) is 0 Å². The molecule has 88 valence electrons. The molecule has 2 atom stereocenters. The highest BCUT2D eigenvalue weighted by atomic mass is 79.9. The van der Waals surface area contributed by atoms with Crippen molar-refractivity contribution in [1.29, 1.82) is 0 Å². The maximum atomic E-state index is 13.7. The van der Waals surface area contributed by atoms with Gasteiger partial charge < -0.3 is 5.32 Å². The van der Waals surface area contributed by atoms with Crippen LogP contribution in [0, 0.1) is 11.7 Å². The lowest BCUT2D eigenvalue weighted by Crippen LogP contribution is -2.17. The minimum Gasteiger partial charge on any atom is -0.316 e. The normalized spacial score (nSPS) is 23.4. The molecule has 1 nitrogen and oxygen atoms in total. The maximum absolute atomic E-state index is 13.7. The number of nitrogens with one attached hydrogen (secondary N) is 1. The fourth-order valence-electron chi connectivity index (χ4n) is 2.12. The van der Waals surface area contributed by atoms with E-state index in [1.54, 1.807) is 6.07 Å². The smallest absolute Gasteiger partial charge is 0.127 e. The van der Waals surface area contributed by atoms with E-state index in [1.165, 1.54) is 0 Å². The van der Waals surface area contributed by atoms with Crippen LogP contribution in [-0.2, 0) is 0 Å². The zero-order valence-corrected chi connectivity index (χ0v) is 11.1. The van der Waals surface area contributed by atoms with Gasteiger partial charge in [0.1, 0.15) is 5.82 Å². The molecule has 1 aliphatic rings. The molecule has 0 saturated heterocycles. The Morgan fingerprint density at radius 1 is 1.50 bits per heavy atom. The Labute approximate surface area is 105 Å². The summed E-state index contributed by atoms with van der Waals surface area (Å²) >= 11 is 3.28. The highest BCUT2D eigenvalue weighted by molar-refractivity contribution is 9.10. The Hall–Kier alpha value is -0.410. The summed E-state index contributed by atoms with van der Waals surface area (Å²) < 4.78 is 14.5. The van der Waals surface area contributed by atoms with Crippen molar-refractivity contribution < 1.29 is 4.39 Å². The Balaban J connectivity index is 1.90. The molecule has 2 unspecified atom stereocenters. The summed E-state index contributed by atoms with van der Waals surface area (Å²) in [5.74, 6) is 0.983. The molecule has 0 aromatic heterocycles. The molecular formula is C13H17BrFN. The Morgan fingerprint density at radius 2 is 2.31 bits per heavy atom. The average Bonchev–Trinajstić information content (AvgIpc) is 2.98. The van der Waals surface area contributed by atoms with Gasteiger partial charge in [0.05, 0.1) is 0 Å². The second kappa shape index (κ2) is 5.28. The number of benzene rings is 1. The van der Waals surface area contributed by atoms with E-state index in [4.69, 9.17) is 0 Å². The van der Waals surface area contributed by atoms with Gasteiger partial charge in [-0.1, -0.05) is 28.9 Å². The van der Waals surface area contributed by atoms with E-state index in [0.29, 0.717) is 11.8 Å². The SMILES string of the molecule is CCCNCC1CC1c1ccc(Br)cc1F. The van der Waals surface area contributed by atoms with Gasteiger partial charge in [-0.15, -0.1) is 0 Å². The molecule has 1 aliphatic carbocycles. The van der Waals surface area contributed by atoms with Crippen molar-refractivity contribution in [3.05, 3.63) is 34.1 Å². The number of rotatable bonds is 5. The zero-order valence-electron chi connectivity index (χ0n) is 9.47. The number of halogens is 2. The molecule has 0 bridgehead atoms. The summed E-state index contributed by atoms with van der Waals surface area (Å²) in [6.45, 7) is 4.24. The van der Waals surface area contributed by atoms with Gasteiger partial charge in [0.2, 0.25) is 0 Å². The van der Waals surface area contributed by atoms with E-state index in [-0.39, 0.29) is 5.82 Å². The third-order valence-corrected chi connectivity index (χ3v) is 3.61. The summed E-state index contributed by atoms with van der Waals surface area (Å²) in [5, 5.41) is 3.40. The lowest BCUT2D eigenvalue weighted by molar-refractivity contribution is 0.590. The molecule has 1 fully saturated rings. The number of hydrogen-bond acceptors (Lipinski definition) is 1. The average molecular weight is 286 g/mol. The highest BCUT2D eigenvalue weighted by Crippen LogP contribution is 2.48. The van der Waals surface area contributed by atoms with Gasteiger partial charge >= 0.3 is 0 Å².